The summed E-state index contributed by atoms with van der Waals surface area (Å²) < 4.78 is 1.74. The average molecular weight is 375 g/mol. The van der Waals surface area contributed by atoms with Crippen molar-refractivity contribution in [3.8, 4) is 5.69 Å². The van der Waals surface area contributed by atoms with Gasteiger partial charge in [0.15, 0.2) is 0 Å². The van der Waals surface area contributed by atoms with Crippen LogP contribution in [0.25, 0.3) is 5.69 Å². The molecular weight excluding hydrogens is 354 g/mol. The number of likely N-dealkylation sites (tertiary alicyclic amines) is 1. The highest BCUT2D eigenvalue weighted by atomic mass is 16.2. The summed E-state index contributed by atoms with van der Waals surface area (Å²) in [6.07, 6.45) is 4.31. The number of amides is 2. The van der Waals surface area contributed by atoms with E-state index in [2.05, 4.69) is 27.6 Å². The highest BCUT2D eigenvalue weighted by Crippen LogP contribution is 2.15. The van der Waals surface area contributed by atoms with Gasteiger partial charge in [-0.15, -0.1) is 10.2 Å². The molecule has 0 unspecified atom stereocenters. The number of rotatable bonds is 6. The van der Waals surface area contributed by atoms with Crippen molar-refractivity contribution in [3.05, 3.63) is 78.4 Å². The van der Waals surface area contributed by atoms with Crippen LogP contribution in [0, 0.1) is 0 Å². The lowest BCUT2D eigenvalue weighted by molar-refractivity contribution is -0.127. The Morgan fingerprint density at radius 2 is 1.86 bits per heavy atom. The van der Waals surface area contributed by atoms with Crippen LogP contribution in [0.4, 0.5) is 0 Å². The summed E-state index contributed by atoms with van der Waals surface area (Å²) in [5.74, 6) is -0.0999. The first-order valence-electron chi connectivity index (χ1n) is 9.27. The zero-order valence-electron chi connectivity index (χ0n) is 15.4. The SMILES string of the molecule is O=C(N[C@@H]1CC(=O)N(CCc2ccccc2)C1)c1cccc(-n2cnnc2)c1. The molecule has 1 N–H and O–H groups in total. The van der Waals surface area contributed by atoms with Gasteiger partial charge >= 0.3 is 0 Å². The van der Waals surface area contributed by atoms with E-state index in [9.17, 15) is 9.59 Å². The van der Waals surface area contributed by atoms with Gasteiger partial charge in [-0.2, -0.15) is 0 Å². The number of carbonyl (C=O) groups is 2. The zero-order valence-corrected chi connectivity index (χ0v) is 15.4. The van der Waals surface area contributed by atoms with E-state index in [1.54, 1.807) is 29.4 Å². The molecular formula is C21H21N5O2. The van der Waals surface area contributed by atoms with Gasteiger partial charge in [-0.3, -0.25) is 14.2 Å². The summed E-state index contributed by atoms with van der Waals surface area (Å²) in [4.78, 5) is 26.7. The van der Waals surface area contributed by atoms with Crippen molar-refractivity contribution in [1.29, 1.82) is 0 Å². The predicted octanol–water partition coefficient (Wildman–Crippen LogP) is 1.84. The highest BCUT2D eigenvalue weighted by Gasteiger charge is 2.30. The third kappa shape index (κ3) is 4.09. The van der Waals surface area contributed by atoms with Crippen molar-refractivity contribution < 1.29 is 9.59 Å². The van der Waals surface area contributed by atoms with E-state index >= 15 is 0 Å². The van der Waals surface area contributed by atoms with Crippen LogP contribution in [0.1, 0.15) is 22.3 Å². The molecule has 1 aromatic heterocycles. The Balaban J connectivity index is 1.35. The Morgan fingerprint density at radius 1 is 1.07 bits per heavy atom. The average Bonchev–Trinajstić information content (AvgIpc) is 3.37. The molecule has 0 radical (unpaired) electrons. The maximum absolute atomic E-state index is 12.6. The second-order valence-corrected chi connectivity index (χ2v) is 6.87. The van der Waals surface area contributed by atoms with Crippen molar-refractivity contribution in [2.75, 3.05) is 13.1 Å². The summed E-state index contributed by atoms with van der Waals surface area (Å²) in [6.45, 7) is 1.21. The first kappa shape index (κ1) is 17.9. The summed E-state index contributed by atoms with van der Waals surface area (Å²) >= 11 is 0. The molecule has 0 saturated carbocycles. The number of hydrogen-bond donors (Lipinski definition) is 1. The number of nitrogens with zero attached hydrogens (tertiary/aromatic N) is 4. The smallest absolute Gasteiger partial charge is 0.251 e. The molecule has 1 atom stereocenters. The number of carbonyl (C=O) groups excluding carboxylic acids is 2. The zero-order chi connectivity index (χ0) is 19.3. The standard InChI is InChI=1S/C21H21N5O2/c27-20-12-18(13-25(20)10-9-16-5-2-1-3-6-16)24-21(28)17-7-4-8-19(11-17)26-14-22-23-15-26/h1-8,11,14-15,18H,9-10,12-13H2,(H,24,28)/t18-/m1/s1. The van der Waals surface area contributed by atoms with Crippen LogP contribution in [0.3, 0.4) is 0 Å². The van der Waals surface area contributed by atoms with Crippen LogP contribution in [0.15, 0.2) is 67.3 Å². The Kier molecular flexibility index (Phi) is 5.14. The summed E-state index contributed by atoms with van der Waals surface area (Å²) in [5.41, 5.74) is 2.56. The van der Waals surface area contributed by atoms with Gasteiger partial charge in [0, 0.05) is 30.8 Å². The summed E-state index contributed by atoms with van der Waals surface area (Å²) in [5, 5.41) is 10.5. The minimum absolute atomic E-state index is 0.0828. The van der Waals surface area contributed by atoms with E-state index in [1.165, 1.54) is 5.56 Å². The minimum atomic E-state index is -0.183. The second kappa shape index (κ2) is 8.04. The predicted molar refractivity (Wildman–Crippen MR) is 104 cm³/mol. The maximum atomic E-state index is 12.6. The van der Waals surface area contributed by atoms with E-state index in [1.807, 2.05) is 35.2 Å². The van der Waals surface area contributed by atoms with Crippen molar-refractivity contribution in [2.24, 2.45) is 0 Å². The lowest BCUT2D eigenvalue weighted by Gasteiger charge is -2.17. The third-order valence-electron chi connectivity index (χ3n) is 4.89. The topological polar surface area (TPSA) is 80.1 Å². The Bertz CT molecular complexity index is 956. The van der Waals surface area contributed by atoms with Crippen LogP contribution in [0.5, 0.6) is 0 Å². The first-order chi connectivity index (χ1) is 13.7. The number of nitrogens with one attached hydrogen (secondary N) is 1. The molecule has 2 amide bonds. The molecule has 4 rings (SSSR count). The van der Waals surface area contributed by atoms with Crippen molar-refractivity contribution in [1.82, 2.24) is 25.0 Å². The fraction of sp³-hybridized carbons (Fsp3) is 0.238. The normalized spacial score (nSPS) is 16.4. The highest BCUT2D eigenvalue weighted by molar-refractivity contribution is 5.95. The van der Waals surface area contributed by atoms with Crippen LogP contribution >= 0.6 is 0 Å². The van der Waals surface area contributed by atoms with Crippen LogP contribution in [0.2, 0.25) is 0 Å². The Labute approximate surface area is 163 Å². The van der Waals surface area contributed by atoms with E-state index in [-0.39, 0.29) is 17.9 Å². The van der Waals surface area contributed by atoms with Crippen LogP contribution < -0.4 is 5.32 Å². The molecule has 7 heteroatoms. The number of hydrogen-bond acceptors (Lipinski definition) is 4. The molecule has 2 aromatic carbocycles. The quantitative estimate of drug-likeness (QED) is 0.713. The second-order valence-electron chi connectivity index (χ2n) is 6.87. The van der Waals surface area contributed by atoms with Crippen molar-refractivity contribution in [3.63, 3.8) is 0 Å². The lowest BCUT2D eigenvalue weighted by atomic mass is 10.1. The van der Waals surface area contributed by atoms with E-state index in [4.69, 9.17) is 0 Å². The van der Waals surface area contributed by atoms with Gasteiger partial charge < -0.3 is 10.2 Å². The van der Waals surface area contributed by atoms with E-state index in [0.29, 0.717) is 25.1 Å². The van der Waals surface area contributed by atoms with E-state index < -0.39 is 0 Å². The molecule has 1 aliphatic rings. The van der Waals surface area contributed by atoms with Gasteiger partial charge in [0.2, 0.25) is 5.91 Å². The third-order valence-corrected chi connectivity index (χ3v) is 4.89. The lowest BCUT2D eigenvalue weighted by Crippen LogP contribution is -2.37. The summed E-state index contributed by atoms with van der Waals surface area (Å²) in [7, 11) is 0. The fourth-order valence-electron chi connectivity index (χ4n) is 3.40. The van der Waals surface area contributed by atoms with Crippen LogP contribution in [-0.4, -0.2) is 50.6 Å². The van der Waals surface area contributed by atoms with Gasteiger partial charge in [0.25, 0.3) is 5.91 Å². The molecule has 1 fully saturated rings. The molecule has 3 aromatic rings. The molecule has 1 saturated heterocycles. The number of aromatic nitrogens is 3. The van der Waals surface area contributed by atoms with Crippen molar-refractivity contribution in [2.45, 2.75) is 18.9 Å². The monoisotopic (exact) mass is 375 g/mol. The summed E-state index contributed by atoms with van der Waals surface area (Å²) in [6, 6.07) is 17.2. The molecule has 0 bridgehead atoms. The maximum Gasteiger partial charge on any atom is 0.251 e. The van der Waals surface area contributed by atoms with Gasteiger partial charge in [-0.1, -0.05) is 36.4 Å². The molecule has 142 valence electrons. The van der Waals surface area contributed by atoms with Gasteiger partial charge in [0.05, 0.1) is 6.04 Å². The fourth-order valence-corrected chi connectivity index (χ4v) is 3.40. The molecule has 0 aliphatic carbocycles. The molecule has 1 aliphatic heterocycles. The molecule has 2 heterocycles. The largest absolute Gasteiger partial charge is 0.347 e. The Hall–Kier alpha value is -3.48. The Morgan fingerprint density at radius 3 is 2.64 bits per heavy atom. The minimum Gasteiger partial charge on any atom is -0.347 e. The van der Waals surface area contributed by atoms with Crippen molar-refractivity contribution >= 4 is 11.8 Å². The number of benzene rings is 2. The van der Waals surface area contributed by atoms with Gasteiger partial charge in [-0.25, -0.2) is 0 Å². The first-order valence-corrected chi connectivity index (χ1v) is 9.27. The van der Waals surface area contributed by atoms with Gasteiger partial charge in [0.1, 0.15) is 12.7 Å². The molecule has 28 heavy (non-hydrogen) atoms. The molecule has 0 spiro atoms. The van der Waals surface area contributed by atoms with Crippen LogP contribution in [-0.2, 0) is 11.2 Å². The molecule has 7 nitrogen and oxygen atoms in total. The van der Waals surface area contributed by atoms with Gasteiger partial charge in [-0.05, 0) is 30.2 Å². The van der Waals surface area contributed by atoms with E-state index in [0.717, 1.165) is 12.1 Å².